The number of benzene rings is 1. The molecule has 0 aliphatic rings. The zero-order chi connectivity index (χ0) is 13.7. The van der Waals surface area contributed by atoms with Gasteiger partial charge in [-0.15, -0.1) is 0 Å². The largest absolute Gasteiger partial charge is 0.491 e. The van der Waals surface area contributed by atoms with E-state index in [2.05, 4.69) is 23.7 Å². The van der Waals surface area contributed by atoms with Crippen LogP contribution in [0.5, 0.6) is 5.75 Å². The number of hydrogen-bond acceptors (Lipinski definition) is 3. The molecule has 0 amide bonds. The third-order valence-corrected chi connectivity index (χ3v) is 3.46. The molecule has 2 rings (SSSR count). The number of fused-ring (bicyclic) bond motifs is 1. The van der Waals surface area contributed by atoms with Gasteiger partial charge in [0.05, 0.1) is 5.52 Å². The molecule has 2 aromatic rings. The second kappa shape index (κ2) is 6.73. The Hall–Kier alpha value is -1.32. The number of aromatic nitrogens is 1. The van der Waals surface area contributed by atoms with E-state index in [1.807, 2.05) is 24.3 Å². The second-order valence-electron chi connectivity index (χ2n) is 4.35. The zero-order valence-corrected chi connectivity index (χ0v) is 12.2. The molecule has 0 N–H and O–H groups in total. The van der Waals surface area contributed by atoms with Crippen molar-refractivity contribution >= 4 is 22.5 Å². The average Bonchev–Trinajstić information content (AvgIpc) is 2.44. The number of likely N-dealkylation sites (N-methyl/N-ethyl adjacent to an activating group) is 1. The fourth-order valence-electron chi connectivity index (χ4n) is 2.04. The second-order valence-corrected chi connectivity index (χ2v) is 4.78. The van der Waals surface area contributed by atoms with Crippen molar-refractivity contribution in [2.24, 2.45) is 0 Å². The Labute approximate surface area is 119 Å². The molecule has 0 aliphatic carbocycles. The highest BCUT2D eigenvalue weighted by Crippen LogP contribution is 2.26. The van der Waals surface area contributed by atoms with Crippen molar-refractivity contribution in [2.75, 3.05) is 26.2 Å². The van der Waals surface area contributed by atoms with Crippen LogP contribution in [-0.2, 0) is 0 Å². The summed E-state index contributed by atoms with van der Waals surface area (Å²) in [5.74, 6) is 0.847. The van der Waals surface area contributed by atoms with Crippen molar-refractivity contribution in [3.63, 3.8) is 0 Å². The minimum Gasteiger partial charge on any atom is -0.491 e. The molecule has 102 valence electrons. The maximum atomic E-state index is 6.03. The van der Waals surface area contributed by atoms with E-state index in [1.165, 1.54) is 0 Å². The van der Waals surface area contributed by atoms with E-state index in [4.69, 9.17) is 16.3 Å². The predicted molar refractivity (Wildman–Crippen MR) is 80.0 cm³/mol. The Morgan fingerprint density at radius 1 is 1.21 bits per heavy atom. The highest BCUT2D eigenvalue weighted by molar-refractivity contribution is 6.31. The summed E-state index contributed by atoms with van der Waals surface area (Å²) in [5, 5.41) is 1.67. The van der Waals surface area contributed by atoms with E-state index in [1.54, 1.807) is 6.20 Å². The molecular formula is C15H19ClN2O. The molecule has 0 fully saturated rings. The van der Waals surface area contributed by atoms with Crippen molar-refractivity contribution < 1.29 is 4.74 Å². The van der Waals surface area contributed by atoms with Gasteiger partial charge < -0.3 is 9.64 Å². The minimum absolute atomic E-state index is 0.674. The molecular weight excluding hydrogens is 260 g/mol. The Balaban J connectivity index is 2.10. The van der Waals surface area contributed by atoms with Gasteiger partial charge in [0.25, 0.3) is 0 Å². The smallest absolute Gasteiger partial charge is 0.130 e. The summed E-state index contributed by atoms with van der Waals surface area (Å²) in [6, 6.07) is 7.54. The van der Waals surface area contributed by atoms with Gasteiger partial charge in [-0.1, -0.05) is 25.4 Å². The lowest BCUT2D eigenvalue weighted by atomic mass is 10.2. The Kier molecular flexibility index (Phi) is 5.00. The molecule has 1 aromatic carbocycles. The number of nitrogens with zero attached hydrogens (tertiary/aromatic N) is 2. The third-order valence-electron chi connectivity index (χ3n) is 3.22. The number of hydrogen-bond donors (Lipinski definition) is 0. The molecule has 19 heavy (non-hydrogen) atoms. The van der Waals surface area contributed by atoms with E-state index < -0.39 is 0 Å². The lowest BCUT2D eigenvalue weighted by molar-refractivity contribution is 0.224. The van der Waals surface area contributed by atoms with Crippen LogP contribution in [0.15, 0.2) is 30.5 Å². The molecule has 0 atom stereocenters. The van der Waals surface area contributed by atoms with Crippen LogP contribution < -0.4 is 4.74 Å². The van der Waals surface area contributed by atoms with Gasteiger partial charge in [-0.3, -0.25) is 4.98 Å². The first kappa shape index (κ1) is 14.1. The molecule has 0 saturated heterocycles. The zero-order valence-electron chi connectivity index (χ0n) is 11.4. The molecule has 0 radical (unpaired) electrons. The van der Waals surface area contributed by atoms with Crippen molar-refractivity contribution in [3.05, 3.63) is 35.5 Å². The van der Waals surface area contributed by atoms with Crippen molar-refractivity contribution in [2.45, 2.75) is 13.8 Å². The highest BCUT2D eigenvalue weighted by atomic mass is 35.5. The van der Waals surface area contributed by atoms with Gasteiger partial charge in [-0.05, 0) is 37.4 Å². The Bertz CT molecular complexity index is 541. The molecule has 0 aliphatic heterocycles. The van der Waals surface area contributed by atoms with Crippen LogP contribution in [0.1, 0.15) is 13.8 Å². The van der Waals surface area contributed by atoms with Crippen LogP contribution in [0.25, 0.3) is 10.9 Å². The van der Waals surface area contributed by atoms with Crippen LogP contribution in [0.2, 0.25) is 5.02 Å². The van der Waals surface area contributed by atoms with E-state index in [9.17, 15) is 0 Å². The Morgan fingerprint density at radius 3 is 2.74 bits per heavy atom. The van der Waals surface area contributed by atoms with Gasteiger partial charge in [-0.25, -0.2) is 0 Å². The number of pyridine rings is 1. The van der Waals surface area contributed by atoms with Crippen LogP contribution >= 0.6 is 11.6 Å². The molecule has 0 unspecified atom stereocenters. The summed E-state index contributed by atoms with van der Waals surface area (Å²) in [7, 11) is 0. The summed E-state index contributed by atoms with van der Waals surface area (Å²) in [5.41, 5.74) is 0.907. The monoisotopic (exact) mass is 278 g/mol. The molecule has 4 heteroatoms. The molecule has 0 bridgehead atoms. The summed E-state index contributed by atoms with van der Waals surface area (Å²) in [6.07, 6.45) is 1.77. The van der Waals surface area contributed by atoms with Crippen LogP contribution in [-0.4, -0.2) is 36.1 Å². The van der Waals surface area contributed by atoms with Gasteiger partial charge in [0.15, 0.2) is 0 Å². The maximum Gasteiger partial charge on any atom is 0.130 e. The van der Waals surface area contributed by atoms with Crippen LogP contribution in [0, 0.1) is 0 Å². The molecule has 0 saturated carbocycles. The van der Waals surface area contributed by atoms with Crippen LogP contribution in [0.3, 0.4) is 0 Å². The fraction of sp³-hybridized carbons (Fsp3) is 0.400. The minimum atomic E-state index is 0.674. The predicted octanol–water partition coefficient (Wildman–Crippen LogP) is 3.61. The van der Waals surface area contributed by atoms with E-state index in [0.29, 0.717) is 11.6 Å². The number of halogens is 1. The fourth-order valence-corrected chi connectivity index (χ4v) is 2.22. The molecule has 1 heterocycles. The van der Waals surface area contributed by atoms with Crippen molar-refractivity contribution in [1.82, 2.24) is 9.88 Å². The summed E-state index contributed by atoms with van der Waals surface area (Å²) in [6.45, 7) is 8.01. The first-order valence-electron chi connectivity index (χ1n) is 6.64. The van der Waals surface area contributed by atoms with Gasteiger partial charge in [0.2, 0.25) is 0 Å². The first-order valence-corrected chi connectivity index (χ1v) is 7.01. The van der Waals surface area contributed by atoms with Gasteiger partial charge >= 0.3 is 0 Å². The summed E-state index contributed by atoms with van der Waals surface area (Å²) in [4.78, 5) is 6.64. The SMILES string of the molecule is CCN(CC)CCOc1ccnc2ccc(Cl)cc12. The van der Waals surface area contributed by atoms with E-state index in [0.717, 1.165) is 36.3 Å². The van der Waals surface area contributed by atoms with Gasteiger partial charge in [0, 0.05) is 23.2 Å². The summed E-state index contributed by atoms with van der Waals surface area (Å²) >= 11 is 6.03. The lowest BCUT2D eigenvalue weighted by Crippen LogP contribution is -2.27. The first-order chi connectivity index (χ1) is 9.24. The van der Waals surface area contributed by atoms with Gasteiger partial charge in [-0.2, -0.15) is 0 Å². The third kappa shape index (κ3) is 3.58. The molecule has 1 aromatic heterocycles. The average molecular weight is 279 g/mol. The number of rotatable bonds is 6. The lowest BCUT2D eigenvalue weighted by Gasteiger charge is -2.18. The Morgan fingerprint density at radius 2 is 2.00 bits per heavy atom. The van der Waals surface area contributed by atoms with Gasteiger partial charge in [0.1, 0.15) is 12.4 Å². The number of ether oxygens (including phenoxy) is 1. The molecule has 3 nitrogen and oxygen atoms in total. The van der Waals surface area contributed by atoms with Crippen LogP contribution in [0.4, 0.5) is 0 Å². The topological polar surface area (TPSA) is 25.4 Å². The highest BCUT2D eigenvalue weighted by Gasteiger charge is 2.05. The maximum absolute atomic E-state index is 6.03. The van der Waals surface area contributed by atoms with E-state index >= 15 is 0 Å². The standard InChI is InChI=1S/C15H19ClN2O/c1-3-18(4-2)9-10-19-15-7-8-17-14-6-5-12(16)11-13(14)15/h5-8,11H,3-4,9-10H2,1-2H3. The normalized spacial score (nSPS) is 11.2. The summed E-state index contributed by atoms with van der Waals surface area (Å²) < 4.78 is 5.87. The quantitative estimate of drug-likeness (QED) is 0.807. The van der Waals surface area contributed by atoms with Crippen molar-refractivity contribution in [3.8, 4) is 5.75 Å². The van der Waals surface area contributed by atoms with Crippen molar-refractivity contribution in [1.29, 1.82) is 0 Å². The molecule has 0 spiro atoms. The van der Waals surface area contributed by atoms with E-state index in [-0.39, 0.29) is 0 Å².